The van der Waals surface area contributed by atoms with Gasteiger partial charge in [-0.1, -0.05) is 12.1 Å². The molecule has 0 radical (unpaired) electrons. The summed E-state index contributed by atoms with van der Waals surface area (Å²) in [5.74, 6) is -0.832. The van der Waals surface area contributed by atoms with Gasteiger partial charge in [0.1, 0.15) is 11.3 Å². The van der Waals surface area contributed by atoms with E-state index in [-0.39, 0.29) is 23.7 Å². The lowest BCUT2D eigenvalue weighted by atomic mass is 10.1. The van der Waals surface area contributed by atoms with E-state index in [0.717, 1.165) is 39.3 Å². The van der Waals surface area contributed by atoms with Gasteiger partial charge in [-0.05, 0) is 25.1 Å². The van der Waals surface area contributed by atoms with Crippen LogP contribution in [0.25, 0.3) is 10.9 Å². The first-order chi connectivity index (χ1) is 11.7. The number of hydrogen-bond donors (Lipinski definition) is 3. The van der Waals surface area contributed by atoms with E-state index >= 15 is 0 Å². The topological polar surface area (TPSA) is 94.7 Å². The molecule has 136 valence electrons. The number of fused-ring (bicyclic) bond motifs is 1. The second-order valence-corrected chi connectivity index (χ2v) is 5.79. The van der Waals surface area contributed by atoms with Crippen LogP contribution in [0.2, 0.25) is 0 Å². The van der Waals surface area contributed by atoms with Crippen LogP contribution < -0.4 is 23.3 Å². The van der Waals surface area contributed by atoms with E-state index < -0.39 is 11.5 Å². The van der Waals surface area contributed by atoms with Crippen molar-refractivity contribution in [2.24, 2.45) is 0 Å². The van der Waals surface area contributed by atoms with Crippen molar-refractivity contribution in [3.8, 4) is 5.75 Å². The summed E-state index contributed by atoms with van der Waals surface area (Å²) in [5.41, 5.74) is -0.319. The first kappa shape index (κ1) is 19.2. The fourth-order valence-corrected chi connectivity index (χ4v) is 2.85. The van der Waals surface area contributed by atoms with Crippen molar-refractivity contribution in [2.75, 3.05) is 39.4 Å². The number of hydrogen-bond acceptors (Lipinski definition) is 5. The number of para-hydroxylation sites is 1. The highest BCUT2D eigenvalue weighted by Gasteiger charge is 2.18. The van der Waals surface area contributed by atoms with Gasteiger partial charge in [-0.3, -0.25) is 14.5 Å². The summed E-state index contributed by atoms with van der Waals surface area (Å²) in [7, 11) is 0. The summed E-state index contributed by atoms with van der Waals surface area (Å²) in [6, 6.07) is 6.84. The molecule has 8 heteroatoms. The molecule has 0 bridgehead atoms. The first-order valence-corrected chi connectivity index (χ1v) is 8.09. The average molecular weight is 367 g/mol. The van der Waals surface area contributed by atoms with Crippen LogP contribution in [0.15, 0.2) is 29.1 Å². The predicted molar refractivity (Wildman–Crippen MR) is 90.4 cm³/mol. The number of ether oxygens (including phenoxy) is 1. The van der Waals surface area contributed by atoms with Gasteiger partial charge in [0, 0.05) is 25.0 Å². The molecule has 1 aromatic carbocycles. The van der Waals surface area contributed by atoms with Gasteiger partial charge in [0.15, 0.2) is 0 Å². The maximum Gasteiger partial charge on any atom is 0.265 e. The van der Waals surface area contributed by atoms with E-state index in [2.05, 4.69) is 15.2 Å². The van der Waals surface area contributed by atoms with Crippen molar-refractivity contribution in [3.63, 3.8) is 0 Å². The molecule has 2 aromatic rings. The van der Waals surface area contributed by atoms with Crippen LogP contribution in [-0.2, 0) is 4.74 Å². The van der Waals surface area contributed by atoms with Gasteiger partial charge in [0.25, 0.3) is 11.5 Å². The van der Waals surface area contributed by atoms with E-state index in [9.17, 15) is 14.7 Å². The Morgan fingerprint density at radius 2 is 2.00 bits per heavy atom. The summed E-state index contributed by atoms with van der Waals surface area (Å²) in [4.78, 5) is 29.2. The van der Waals surface area contributed by atoms with Gasteiger partial charge in [-0.2, -0.15) is 0 Å². The maximum atomic E-state index is 12.3. The number of H-pyrrole nitrogens is 1. The molecule has 2 heterocycles. The molecule has 0 spiro atoms. The molecular formula is C17H21ClN3O4-. The first-order valence-electron chi connectivity index (χ1n) is 8.09. The quantitative estimate of drug-likeness (QED) is 0.517. The van der Waals surface area contributed by atoms with E-state index in [4.69, 9.17) is 4.74 Å². The molecular weight excluding hydrogens is 346 g/mol. The number of benzene rings is 1. The Morgan fingerprint density at radius 3 is 2.76 bits per heavy atom. The average Bonchev–Trinajstić information content (AvgIpc) is 2.60. The molecule has 0 aliphatic carbocycles. The molecule has 0 atom stereocenters. The lowest BCUT2D eigenvalue weighted by molar-refractivity contribution is -0.0000159. The van der Waals surface area contributed by atoms with Crippen molar-refractivity contribution in [1.29, 1.82) is 0 Å². The number of pyridine rings is 1. The summed E-state index contributed by atoms with van der Waals surface area (Å²) >= 11 is 0. The Bertz CT molecular complexity index is 787. The van der Waals surface area contributed by atoms with E-state index in [0.29, 0.717) is 17.4 Å². The molecule has 0 unspecified atom stereocenters. The molecule has 1 amide bonds. The Morgan fingerprint density at radius 1 is 1.28 bits per heavy atom. The van der Waals surface area contributed by atoms with Gasteiger partial charge in [-0.25, -0.2) is 0 Å². The van der Waals surface area contributed by atoms with Gasteiger partial charge >= 0.3 is 0 Å². The number of carbonyl (C=O) groups is 1. The number of aromatic nitrogens is 1. The third-order valence-corrected chi connectivity index (χ3v) is 4.16. The summed E-state index contributed by atoms with van der Waals surface area (Å²) < 4.78 is 5.29. The van der Waals surface area contributed by atoms with E-state index in [1.54, 1.807) is 24.3 Å². The molecule has 25 heavy (non-hydrogen) atoms. The second-order valence-electron chi connectivity index (χ2n) is 5.79. The van der Waals surface area contributed by atoms with Crippen LogP contribution >= 0.6 is 0 Å². The Kier molecular flexibility index (Phi) is 6.81. The maximum absolute atomic E-state index is 12.3. The van der Waals surface area contributed by atoms with Gasteiger partial charge in [-0.15, -0.1) is 0 Å². The van der Waals surface area contributed by atoms with Crippen molar-refractivity contribution in [3.05, 3.63) is 40.2 Å². The highest BCUT2D eigenvalue weighted by Crippen LogP contribution is 2.24. The van der Waals surface area contributed by atoms with Crippen LogP contribution in [0, 0.1) is 0 Å². The minimum absolute atomic E-state index is 0. The molecule has 7 nitrogen and oxygen atoms in total. The van der Waals surface area contributed by atoms with Crippen molar-refractivity contribution < 1.29 is 27.0 Å². The lowest BCUT2D eigenvalue weighted by Crippen LogP contribution is -3.00. The van der Waals surface area contributed by atoms with E-state index in [1.165, 1.54) is 0 Å². The Labute approximate surface area is 151 Å². The molecule has 1 fully saturated rings. The molecule has 1 saturated heterocycles. The van der Waals surface area contributed by atoms with Crippen LogP contribution in [-0.4, -0.2) is 60.3 Å². The standard InChI is InChI=1S/C17H21N3O4.ClH/c21-15-12-4-1-2-5-13(12)19-17(23)14(15)16(22)18-6-3-7-20-8-10-24-11-9-20;/h1-2,4-5H,3,6-11H2,(H,18,22)(H2,19,21,23);1H/p-1. The second kappa shape index (κ2) is 8.84. The van der Waals surface area contributed by atoms with Gasteiger partial charge < -0.3 is 32.6 Å². The van der Waals surface area contributed by atoms with E-state index in [1.807, 2.05) is 0 Å². The number of carbonyl (C=O) groups excluding carboxylic acids is 1. The number of amides is 1. The largest absolute Gasteiger partial charge is 1.00 e. The SMILES string of the molecule is O=C(NCCCN1CCOCC1)c1c(O)c2ccccc2[nH]c1=O.[Cl-]. The Hall–Kier alpha value is -2.09. The Balaban J connectivity index is 0.00000225. The monoisotopic (exact) mass is 366 g/mol. The summed E-state index contributed by atoms with van der Waals surface area (Å²) in [6.07, 6.45) is 0.776. The van der Waals surface area contributed by atoms with Crippen LogP contribution in [0.4, 0.5) is 0 Å². The zero-order valence-electron chi connectivity index (χ0n) is 13.8. The smallest absolute Gasteiger partial charge is 0.265 e. The number of aromatic hydroxyl groups is 1. The molecule has 0 saturated carbocycles. The minimum Gasteiger partial charge on any atom is -1.00 e. The lowest BCUT2D eigenvalue weighted by Gasteiger charge is -2.26. The highest BCUT2D eigenvalue weighted by atomic mass is 35.5. The number of nitrogens with zero attached hydrogens (tertiary/aromatic N) is 1. The minimum atomic E-state index is -0.586. The summed E-state index contributed by atoms with van der Waals surface area (Å²) in [6.45, 7) is 4.60. The van der Waals surface area contributed by atoms with Crippen molar-refractivity contribution in [1.82, 2.24) is 15.2 Å². The molecule has 1 aliphatic heterocycles. The number of nitrogens with one attached hydrogen (secondary N) is 2. The fourth-order valence-electron chi connectivity index (χ4n) is 2.85. The van der Waals surface area contributed by atoms with Gasteiger partial charge in [0.05, 0.1) is 18.7 Å². The summed E-state index contributed by atoms with van der Waals surface area (Å²) in [5, 5.41) is 13.4. The van der Waals surface area contributed by atoms with Crippen LogP contribution in [0.3, 0.4) is 0 Å². The third kappa shape index (κ3) is 4.50. The number of aromatic amines is 1. The predicted octanol–water partition coefficient (Wildman–Crippen LogP) is -2.31. The normalized spacial score (nSPS) is 14.9. The zero-order valence-corrected chi connectivity index (χ0v) is 14.5. The number of morpholine rings is 1. The molecule has 1 aromatic heterocycles. The van der Waals surface area contributed by atoms with Gasteiger partial charge in [0.2, 0.25) is 0 Å². The molecule has 3 N–H and O–H groups in total. The number of halogens is 1. The molecule has 1 aliphatic rings. The highest BCUT2D eigenvalue weighted by molar-refractivity contribution is 6.01. The van der Waals surface area contributed by atoms with Crippen molar-refractivity contribution in [2.45, 2.75) is 6.42 Å². The fraction of sp³-hybridized carbons (Fsp3) is 0.412. The van der Waals surface area contributed by atoms with Crippen LogP contribution in [0.5, 0.6) is 5.75 Å². The zero-order chi connectivity index (χ0) is 16.9. The number of rotatable bonds is 5. The van der Waals surface area contributed by atoms with Crippen LogP contribution in [0.1, 0.15) is 16.8 Å². The molecule has 3 rings (SSSR count). The third-order valence-electron chi connectivity index (χ3n) is 4.16. The van der Waals surface area contributed by atoms with Crippen molar-refractivity contribution >= 4 is 16.8 Å².